The van der Waals surface area contributed by atoms with Gasteiger partial charge >= 0.3 is 11.4 Å². The summed E-state index contributed by atoms with van der Waals surface area (Å²) in [4.78, 5) is 33.1. The summed E-state index contributed by atoms with van der Waals surface area (Å²) in [5.41, 5.74) is -3.86. The van der Waals surface area contributed by atoms with Gasteiger partial charge in [-0.2, -0.15) is 0 Å². The molecule has 0 radical (unpaired) electrons. The van der Waals surface area contributed by atoms with E-state index >= 15 is 0 Å². The van der Waals surface area contributed by atoms with Crippen molar-refractivity contribution in [3.05, 3.63) is 48.7 Å². The number of methoxy groups -OCH3 is 1. The number of ether oxygens (including phenoxy) is 1. The zero-order valence-corrected chi connectivity index (χ0v) is 12.4. The second-order valence-corrected chi connectivity index (χ2v) is 4.91. The number of nitrogens with zero attached hydrogens (tertiary/aromatic N) is 2. The molecule has 11 heteroatoms. The van der Waals surface area contributed by atoms with E-state index in [2.05, 4.69) is 0 Å². The van der Waals surface area contributed by atoms with E-state index in [1.807, 2.05) is 0 Å². The predicted molar refractivity (Wildman–Crippen MR) is 83.2 cm³/mol. The fourth-order valence-electron chi connectivity index (χ4n) is 2.53. The molecule has 11 nitrogen and oxygen atoms in total. The van der Waals surface area contributed by atoms with Crippen LogP contribution in [0.4, 0.5) is 11.4 Å². The Labute approximate surface area is 136 Å². The Morgan fingerprint density at radius 3 is 2.32 bits per heavy atom. The number of nitro groups is 2. The molecule has 0 atom stereocenters. The third kappa shape index (κ3) is 2.17. The minimum Gasteiger partial charge on any atom is -0.508 e. The van der Waals surface area contributed by atoms with Crippen molar-refractivity contribution in [2.45, 2.75) is 0 Å². The van der Waals surface area contributed by atoms with Crippen LogP contribution in [-0.4, -0.2) is 27.2 Å². The summed E-state index contributed by atoms with van der Waals surface area (Å²) in [5, 5.41) is 41.3. The van der Waals surface area contributed by atoms with E-state index in [0.717, 1.165) is 13.2 Å². The highest BCUT2D eigenvalue weighted by molar-refractivity contribution is 6.02. The summed E-state index contributed by atoms with van der Waals surface area (Å²) in [7, 11) is 0.942. The molecule has 128 valence electrons. The van der Waals surface area contributed by atoms with Crippen LogP contribution in [0.2, 0.25) is 0 Å². The Morgan fingerprint density at radius 1 is 1.12 bits per heavy atom. The van der Waals surface area contributed by atoms with Gasteiger partial charge in [0.2, 0.25) is 16.8 Å². The maximum absolute atomic E-state index is 12.6. The molecule has 3 rings (SSSR count). The van der Waals surface area contributed by atoms with E-state index < -0.39 is 49.1 Å². The molecule has 0 fully saturated rings. The van der Waals surface area contributed by atoms with Crippen LogP contribution in [0, 0.1) is 20.2 Å². The topological polar surface area (TPSA) is 166 Å². The second-order valence-electron chi connectivity index (χ2n) is 4.91. The van der Waals surface area contributed by atoms with Gasteiger partial charge in [0.05, 0.1) is 22.3 Å². The molecule has 0 unspecified atom stereocenters. The third-order valence-corrected chi connectivity index (χ3v) is 3.55. The fourth-order valence-corrected chi connectivity index (χ4v) is 2.53. The molecule has 25 heavy (non-hydrogen) atoms. The van der Waals surface area contributed by atoms with Gasteiger partial charge in [-0.05, 0) is 18.2 Å². The van der Waals surface area contributed by atoms with E-state index in [1.54, 1.807) is 0 Å². The normalized spacial score (nSPS) is 10.9. The largest absolute Gasteiger partial charge is 0.508 e. The molecule has 0 spiro atoms. The summed E-state index contributed by atoms with van der Waals surface area (Å²) >= 11 is 0. The molecule has 2 aromatic carbocycles. The van der Waals surface area contributed by atoms with E-state index in [0.29, 0.717) is 0 Å². The van der Waals surface area contributed by atoms with Crippen molar-refractivity contribution in [1.29, 1.82) is 0 Å². The monoisotopic (exact) mass is 348 g/mol. The number of hydrogen-bond donors (Lipinski definition) is 2. The van der Waals surface area contributed by atoms with Crippen LogP contribution >= 0.6 is 0 Å². The average molecular weight is 348 g/mol. The predicted octanol–water partition coefficient (Wildman–Crippen LogP) is 2.18. The summed E-state index contributed by atoms with van der Waals surface area (Å²) in [5.74, 6) is -2.26. The highest BCUT2D eigenvalue weighted by atomic mass is 16.6. The minimum atomic E-state index is -1.13. The Morgan fingerprint density at radius 2 is 1.76 bits per heavy atom. The Bertz CT molecular complexity index is 1130. The summed E-state index contributed by atoms with van der Waals surface area (Å²) in [6.45, 7) is 0. The van der Waals surface area contributed by atoms with Gasteiger partial charge in [0.25, 0.3) is 5.75 Å². The molecule has 0 saturated carbocycles. The van der Waals surface area contributed by atoms with Gasteiger partial charge in [-0.3, -0.25) is 25.0 Å². The number of aromatic hydroxyl groups is 2. The van der Waals surface area contributed by atoms with Crippen LogP contribution in [0.15, 0.2) is 27.4 Å². The first-order valence-corrected chi connectivity index (χ1v) is 6.59. The number of benzene rings is 2. The van der Waals surface area contributed by atoms with Gasteiger partial charge in [-0.1, -0.05) is 0 Å². The number of phenols is 2. The molecule has 0 saturated heterocycles. The summed E-state index contributed by atoms with van der Waals surface area (Å²) in [6, 6.07) is 3.40. The van der Waals surface area contributed by atoms with Crippen molar-refractivity contribution in [2.24, 2.45) is 0 Å². The van der Waals surface area contributed by atoms with Crippen LogP contribution in [-0.2, 0) is 0 Å². The first-order valence-electron chi connectivity index (χ1n) is 6.59. The first-order chi connectivity index (χ1) is 11.8. The van der Waals surface area contributed by atoms with E-state index in [9.17, 15) is 35.2 Å². The molecule has 0 bridgehead atoms. The Kier molecular flexibility index (Phi) is 3.41. The van der Waals surface area contributed by atoms with Crippen LogP contribution in [0.25, 0.3) is 21.9 Å². The van der Waals surface area contributed by atoms with E-state index in [4.69, 9.17) is 9.15 Å². The van der Waals surface area contributed by atoms with Crippen LogP contribution < -0.4 is 10.2 Å². The molecular weight excluding hydrogens is 340 g/mol. The Hall–Kier alpha value is -3.89. The zero-order valence-electron chi connectivity index (χ0n) is 12.4. The van der Waals surface area contributed by atoms with Gasteiger partial charge in [-0.15, -0.1) is 0 Å². The minimum absolute atomic E-state index is 0.117. The van der Waals surface area contributed by atoms with Crippen LogP contribution in [0.3, 0.4) is 0 Å². The SMILES string of the molecule is COc1c([N+](=O)[O-])c(O)c2c(=O)c3cc(O)ccc3oc2c1[N+](=O)[O-]. The molecule has 0 aliphatic carbocycles. The number of fused-ring (bicyclic) bond motifs is 2. The lowest BCUT2D eigenvalue weighted by atomic mass is 10.1. The van der Waals surface area contributed by atoms with Gasteiger partial charge in [0.1, 0.15) is 16.7 Å². The maximum Gasteiger partial charge on any atom is 0.361 e. The second kappa shape index (κ2) is 5.33. The molecule has 0 aliphatic rings. The summed E-state index contributed by atoms with van der Waals surface area (Å²) in [6.07, 6.45) is 0. The molecule has 1 heterocycles. The van der Waals surface area contributed by atoms with Crippen molar-refractivity contribution < 1.29 is 29.2 Å². The average Bonchev–Trinajstić information content (AvgIpc) is 2.54. The number of hydrogen-bond acceptors (Lipinski definition) is 9. The van der Waals surface area contributed by atoms with Crippen LogP contribution in [0.5, 0.6) is 17.2 Å². The lowest BCUT2D eigenvalue weighted by Crippen LogP contribution is -2.07. The zero-order chi connectivity index (χ0) is 18.5. The first kappa shape index (κ1) is 16.0. The molecule has 1 aromatic heterocycles. The molecule has 0 amide bonds. The maximum atomic E-state index is 12.6. The van der Waals surface area contributed by atoms with Crippen LogP contribution in [0.1, 0.15) is 0 Å². The van der Waals surface area contributed by atoms with Gasteiger partial charge < -0.3 is 19.4 Å². The number of phenolic OH excluding ortho intramolecular Hbond substituents is 2. The number of nitro benzene ring substituents is 2. The van der Waals surface area contributed by atoms with Crippen molar-refractivity contribution in [3.63, 3.8) is 0 Å². The quantitative estimate of drug-likeness (QED) is 0.409. The molecule has 3 aromatic rings. The van der Waals surface area contributed by atoms with Gasteiger partial charge in [0, 0.05) is 0 Å². The van der Waals surface area contributed by atoms with Crippen molar-refractivity contribution in [1.82, 2.24) is 0 Å². The highest BCUT2D eigenvalue weighted by Crippen LogP contribution is 2.49. The van der Waals surface area contributed by atoms with Crippen molar-refractivity contribution in [3.8, 4) is 17.2 Å². The van der Waals surface area contributed by atoms with E-state index in [-0.39, 0.29) is 16.7 Å². The van der Waals surface area contributed by atoms with Crippen molar-refractivity contribution >= 4 is 33.3 Å². The molecule has 0 aliphatic heterocycles. The molecule has 2 N–H and O–H groups in total. The Balaban J connectivity index is 2.71. The van der Waals surface area contributed by atoms with Gasteiger partial charge in [0.15, 0.2) is 0 Å². The summed E-state index contributed by atoms with van der Waals surface area (Å²) < 4.78 is 10.0. The number of rotatable bonds is 3. The lowest BCUT2D eigenvalue weighted by Gasteiger charge is -2.08. The smallest absolute Gasteiger partial charge is 0.361 e. The standard InChI is InChI=1S/C14H8N2O9/c1-24-14-9(15(20)21)12(19)8-11(18)6-4-5(17)2-3-7(6)25-13(8)10(14)16(22)23/h2-4,17,19H,1H3. The van der Waals surface area contributed by atoms with E-state index in [1.165, 1.54) is 12.1 Å². The third-order valence-electron chi connectivity index (χ3n) is 3.55. The van der Waals surface area contributed by atoms with Gasteiger partial charge in [-0.25, -0.2) is 0 Å². The molecular formula is C14H8N2O9. The lowest BCUT2D eigenvalue weighted by molar-refractivity contribution is -0.395. The fraction of sp³-hybridized carbons (Fsp3) is 0.0714. The van der Waals surface area contributed by atoms with Crippen molar-refractivity contribution in [2.75, 3.05) is 7.11 Å². The highest BCUT2D eigenvalue weighted by Gasteiger charge is 2.38.